The maximum Gasteiger partial charge on any atom is 0.136 e. The Kier molecular flexibility index (Phi) is 3.02. The van der Waals surface area contributed by atoms with Crippen LogP contribution in [-0.2, 0) is 4.79 Å². The first-order chi connectivity index (χ1) is 5.25. The Bertz CT molecular complexity index is 138. The van der Waals surface area contributed by atoms with Crippen LogP contribution in [0.15, 0.2) is 0 Å². The van der Waals surface area contributed by atoms with Crippen LogP contribution < -0.4 is 5.32 Å². The summed E-state index contributed by atoms with van der Waals surface area (Å²) in [5.74, 6) is 0. The molecular weight excluding hydrogens is 140 g/mol. The second kappa shape index (κ2) is 3.83. The summed E-state index contributed by atoms with van der Waals surface area (Å²) in [6.07, 6.45) is 1.02. The van der Waals surface area contributed by atoms with Crippen LogP contribution in [0.3, 0.4) is 0 Å². The van der Waals surface area contributed by atoms with Crippen molar-refractivity contribution in [2.75, 3.05) is 19.6 Å². The minimum atomic E-state index is 0.0760. The molecule has 1 N–H and O–H groups in total. The van der Waals surface area contributed by atoms with Crippen LogP contribution in [0.4, 0.5) is 0 Å². The van der Waals surface area contributed by atoms with Gasteiger partial charge < -0.3 is 10.1 Å². The largest absolute Gasteiger partial charge is 0.314 e. The third-order valence-corrected chi connectivity index (χ3v) is 2.27. The summed E-state index contributed by atoms with van der Waals surface area (Å²) >= 11 is 0. The van der Waals surface area contributed by atoms with E-state index in [4.69, 9.17) is 0 Å². The van der Waals surface area contributed by atoms with Crippen LogP contribution >= 0.6 is 0 Å². The normalized spacial score (nSPS) is 29.8. The van der Waals surface area contributed by atoms with Gasteiger partial charge in [0.2, 0.25) is 0 Å². The molecule has 1 fully saturated rings. The zero-order chi connectivity index (χ0) is 8.27. The van der Waals surface area contributed by atoms with E-state index in [0.29, 0.717) is 6.04 Å². The van der Waals surface area contributed by atoms with Gasteiger partial charge in [-0.25, -0.2) is 0 Å². The number of hydrogen-bond acceptors (Lipinski definition) is 3. The molecule has 0 radical (unpaired) electrons. The molecule has 1 rings (SSSR count). The molecule has 1 saturated heterocycles. The Hall–Kier alpha value is -0.410. The van der Waals surface area contributed by atoms with E-state index < -0.39 is 0 Å². The van der Waals surface area contributed by atoms with Crippen LogP contribution in [-0.4, -0.2) is 42.9 Å². The van der Waals surface area contributed by atoms with Crippen molar-refractivity contribution in [3.63, 3.8) is 0 Å². The molecule has 0 aliphatic carbocycles. The third-order valence-electron chi connectivity index (χ3n) is 2.27. The number of nitrogens with zero attached hydrogens (tertiary/aromatic N) is 1. The molecule has 0 amide bonds. The highest BCUT2D eigenvalue weighted by molar-refractivity contribution is 5.56. The van der Waals surface area contributed by atoms with Crippen molar-refractivity contribution in [1.29, 1.82) is 0 Å². The number of rotatable bonds is 2. The predicted molar refractivity (Wildman–Crippen MR) is 44.6 cm³/mol. The summed E-state index contributed by atoms with van der Waals surface area (Å²) in [5.41, 5.74) is 0. The first-order valence-electron chi connectivity index (χ1n) is 4.17. The van der Waals surface area contributed by atoms with Gasteiger partial charge in [-0.2, -0.15) is 0 Å². The Morgan fingerprint density at radius 3 is 3.00 bits per heavy atom. The monoisotopic (exact) mass is 156 g/mol. The second-order valence-electron chi connectivity index (χ2n) is 3.17. The fourth-order valence-electron chi connectivity index (χ4n) is 1.54. The van der Waals surface area contributed by atoms with Gasteiger partial charge in [0.1, 0.15) is 6.29 Å². The first-order valence-corrected chi connectivity index (χ1v) is 4.17. The highest BCUT2D eigenvalue weighted by Gasteiger charge is 2.21. The van der Waals surface area contributed by atoms with Crippen LogP contribution in [0, 0.1) is 0 Å². The molecule has 1 heterocycles. The lowest BCUT2D eigenvalue weighted by Crippen LogP contribution is -2.53. The van der Waals surface area contributed by atoms with Crippen LogP contribution in [0.1, 0.15) is 13.8 Å². The van der Waals surface area contributed by atoms with Gasteiger partial charge in [0.15, 0.2) is 0 Å². The summed E-state index contributed by atoms with van der Waals surface area (Å²) in [4.78, 5) is 12.7. The van der Waals surface area contributed by atoms with Crippen LogP contribution in [0.25, 0.3) is 0 Å². The average Bonchev–Trinajstić information content (AvgIpc) is 2.04. The van der Waals surface area contributed by atoms with Gasteiger partial charge in [-0.15, -0.1) is 0 Å². The average molecular weight is 156 g/mol. The van der Waals surface area contributed by atoms with E-state index in [1.165, 1.54) is 0 Å². The Morgan fingerprint density at radius 1 is 1.73 bits per heavy atom. The van der Waals surface area contributed by atoms with Crippen molar-refractivity contribution in [3.05, 3.63) is 0 Å². The van der Waals surface area contributed by atoms with Gasteiger partial charge in [0, 0.05) is 25.7 Å². The maximum absolute atomic E-state index is 10.5. The summed E-state index contributed by atoms with van der Waals surface area (Å²) in [6.45, 7) is 7.09. The van der Waals surface area contributed by atoms with Crippen molar-refractivity contribution in [2.45, 2.75) is 25.9 Å². The van der Waals surface area contributed by atoms with E-state index in [9.17, 15) is 4.79 Å². The molecule has 1 aliphatic rings. The highest BCUT2D eigenvalue weighted by atomic mass is 16.1. The number of carbonyl (C=O) groups excluding carboxylic acids is 1. The topological polar surface area (TPSA) is 32.3 Å². The molecule has 3 heteroatoms. The molecule has 0 bridgehead atoms. The minimum Gasteiger partial charge on any atom is -0.314 e. The molecule has 1 aliphatic heterocycles. The van der Waals surface area contributed by atoms with Crippen LogP contribution in [0.2, 0.25) is 0 Å². The van der Waals surface area contributed by atoms with Crippen LogP contribution in [0.5, 0.6) is 0 Å². The minimum absolute atomic E-state index is 0.0760. The van der Waals surface area contributed by atoms with Crippen molar-refractivity contribution >= 4 is 6.29 Å². The third kappa shape index (κ3) is 2.01. The number of nitrogens with one attached hydrogen (secondary N) is 1. The number of aldehydes is 1. The number of carbonyl (C=O) groups is 1. The predicted octanol–water partition coefficient (Wildman–Crippen LogP) is -0.132. The SMILES string of the molecule is CC(C=O)N1CCNCC1C. The lowest BCUT2D eigenvalue weighted by atomic mass is 10.1. The van der Waals surface area contributed by atoms with Gasteiger partial charge in [-0.05, 0) is 13.8 Å². The van der Waals surface area contributed by atoms with Crippen molar-refractivity contribution in [1.82, 2.24) is 10.2 Å². The van der Waals surface area contributed by atoms with Gasteiger partial charge in [0.25, 0.3) is 0 Å². The number of hydrogen-bond donors (Lipinski definition) is 1. The molecule has 64 valence electrons. The van der Waals surface area contributed by atoms with Gasteiger partial charge >= 0.3 is 0 Å². The Labute approximate surface area is 67.8 Å². The van der Waals surface area contributed by atoms with Gasteiger partial charge in [0.05, 0.1) is 6.04 Å². The molecule has 0 saturated carbocycles. The van der Waals surface area contributed by atoms with E-state index in [1.54, 1.807) is 0 Å². The molecule has 0 aromatic rings. The summed E-state index contributed by atoms with van der Waals surface area (Å²) in [6, 6.07) is 0.566. The maximum atomic E-state index is 10.5. The van der Waals surface area contributed by atoms with E-state index in [0.717, 1.165) is 25.9 Å². The molecule has 2 atom stereocenters. The summed E-state index contributed by atoms with van der Waals surface area (Å²) in [5, 5.41) is 3.29. The molecule has 2 unspecified atom stereocenters. The van der Waals surface area contributed by atoms with Crippen molar-refractivity contribution in [3.8, 4) is 0 Å². The quantitative estimate of drug-likeness (QED) is 0.565. The fraction of sp³-hybridized carbons (Fsp3) is 0.875. The lowest BCUT2D eigenvalue weighted by molar-refractivity contribution is -0.112. The van der Waals surface area contributed by atoms with E-state index in [1.807, 2.05) is 6.92 Å². The van der Waals surface area contributed by atoms with Crippen molar-refractivity contribution in [2.24, 2.45) is 0 Å². The zero-order valence-electron chi connectivity index (χ0n) is 7.21. The zero-order valence-corrected chi connectivity index (χ0v) is 7.21. The molecule has 3 nitrogen and oxygen atoms in total. The van der Waals surface area contributed by atoms with E-state index in [2.05, 4.69) is 17.1 Å². The van der Waals surface area contributed by atoms with E-state index >= 15 is 0 Å². The molecule has 0 spiro atoms. The molecule has 0 aromatic carbocycles. The summed E-state index contributed by atoms with van der Waals surface area (Å²) < 4.78 is 0. The lowest BCUT2D eigenvalue weighted by Gasteiger charge is -2.36. The van der Waals surface area contributed by atoms with E-state index in [-0.39, 0.29) is 6.04 Å². The van der Waals surface area contributed by atoms with Crippen molar-refractivity contribution < 1.29 is 4.79 Å². The Balaban J connectivity index is 2.46. The smallest absolute Gasteiger partial charge is 0.136 e. The summed E-state index contributed by atoms with van der Waals surface area (Å²) in [7, 11) is 0. The molecule has 0 aromatic heterocycles. The Morgan fingerprint density at radius 2 is 2.45 bits per heavy atom. The van der Waals surface area contributed by atoms with Gasteiger partial charge in [-0.3, -0.25) is 4.90 Å². The standard InChI is InChI=1S/C8H16N2O/c1-7-5-9-3-4-10(7)8(2)6-11/h6-9H,3-5H2,1-2H3. The molecular formula is C8H16N2O. The molecule has 11 heavy (non-hydrogen) atoms. The second-order valence-corrected chi connectivity index (χ2v) is 3.17. The highest BCUT2D eigenvalue weighted by Crippen LogP contribution is 2.05. The first kappa shape index (κ1) is 8.68. The fourth-order valence-corrected chi connectivity index (χ4v) is 1.54. The number of piperazine rings is 1. The van der Waals surface area contributed by atoms with Gasteiger partial charge in [-0.1, -0.05) is 0 Å².